The van der Waals surface area contributed by atoms with Crippen LogP contribution in [-0.4, -0.2) is 41.3 Å². The maximum atomic E-state index is 12.8. The van der Waals surface area contributed by atoms with Gasteiger partial charge in [-0.25, -0.2) is 0 Å². The molecule has 5 rings (SSSR count). The van der Waals surface area contributed by atoms with E-state index in [1.165, 1.54) is 11.1 Å². The van der Waals surface area contributed by atoms with Crippen LogP contribution in [0.2, 0.25) is 0 Å². The lowest BCUT2D eigenvalue weighted by molar-refractivity contribution is -0.138. The van der Waals surface area contributed by atoms with Crippen molar-refractivity contribution in [2.24, 2.45) is 5.92 Å². The Hall–Kier alpha value is -1.26. The van der Waals surface area contributed by atoms with Gasteiger partial charge in [0.25, 0.3) is 0 Å². The monoisotopic (exact) mass is 341 g/mol. The number of ether oxygens (including phenoxy) is 1. The van der Waals surface area contributed by atoms with Gasteiger partial charge >= 0.3 is 0 Å². The van der Waals surface area contributed by atoms with E-state index in [4.69, 9.17) is 17.0 Å². The highest BCUT2D eigenvalue weighted by molar-refractivity contribution is 7.80. The SMILES string of the molecule is CCC(=S)c1ccc2c3c1O[C@H]1C(=O)CC[C@H]4[C@@H](C2)N(C)CC[C@]314. The maximum Gasteiger partial charge on any atom is 0.174 e. The molecule has 1 aromatic rings. The van der Waals surface area contributed by atoms with Gasteiger partial charge in [-0.2, -0.15) is 0 Å². The summed E-state index contributed by atoms with van der Waals surface area (Å²) in [6.45, 7) is 3.14. The molecule has 2 aliphatic carbocycles. The van der Waals surface area contributed by atoms with Crippen molar-refractivity contribution >= 4 is 22.9 Å². The van der Waals surface area contributed by atoms with E-state index >= 15 is 0 Å². The first-order valence-corrected chi connectivity index (χ1v) is 9.58. The maximum absolute atomic E-state index is 12.8. The minimum absolute atomic E-state index is 0.0885. The summed E-state index contributed by atoms with van der Waals surface area (Å²) in [6.07, 6.45) is 4.35. The van der Waals surface area contributed by atoms with E-state index in [-0.39, 0.29) is 11.5 Å². The average Bonchev–Trinajstić information content (AvgIpc) is 2.94. The number of likely N-dealkylation sites (tertiary alicyclic amines) is 1. The van der Waals surface area contributed by atoms with Gasteiger partial charge in [0, 0.05) is 33.9 Å². The van der Waals surface area contributed by atoms with Gasteiger partial charge in [-0.1, -0.05) is 25.2 Å². The fourth-order valence-electron chi connectivity index (χ4n) is 5.94. The van der Waals surface area contributed by atoms with Gasteiger partial charge in [0.1, 0.15) is 5.75 Å². The zero-order chi connectivity index (χ0) is 16.6. The number of likely N-dealkylation sites (N-methyl/N-ethyl adjacent to an activating group) is 1. The molecule has 126 valence electrons. The summed E-state index contributed by atoms with van der Waals surface area (Å²) in [7, 11) is 2.24. The van der Waals surface area contributed by atoms with Crippen LogP contribution in [0.5, 0.6) is 5.75 Å². The number of hydrogen-bond acceptors (Lipinski definition) is 4. The van der Waals surface area contributed by atoms with E-state index in [1.807, 2.05) is 0 Å². The molecule has 4 aliphatic rings. The van der Waals surface area contributed by atoms with Gasteiger partial charge in [-0.3, -0.25) is 4.79 Å². The number of thiocarbonyl (C=S) groups is 1. The van der Waals surface area contributed by atoms with Gasteiger partial charge in [0.2, 0.25) is 0 Å². The summed E-state index contributed by atoms with van der Waals surface area (Å²) in [5, 5.41) is 0. The summed E-state index contributed by atoms with van der Waals surface area (Å²) in [5.74, 6) is 1.79. The Labute approximate surface area is 148 Å². The molecule has 0 N–H and O–H groups in total. The zero-order valence-corrected chi connectivity index (χ0v) is 15.1. The Balaban J connectivity index is 1.79. The number of benzene rings is 1. The van der Waals surface area contributed by atoms with Crippen molar-refractivity contribution in [3.8, 4) is 5.75 Å². The normalized spacial score (nSPS) is 36.2. The first-order chi connectivity index (χ1) is 11.6. The van der Waals surface area contributed by atoms with E-state index in [9.17, 15) is 4.79 Å². The Morgan fingerprint density at radius 1 is 1.46 bits per heavy atom. The number of nitrogens with zero attached hydrogens (tertiary/aromatic N) is 1. The molecule has 2 aliphatic heterocycles. The highest BCUT2D eigenvalue weighted by Gasteiger charge is 2.65. The van der Waals surface area contributed by atoms with E-state index in [0.29, 0.717) is 24.2 Å². The third kappa shape index (κ3) is 1.62. The molecule has 4 atom stereocenters. The largest absolute Gasteiger partial charge is 0.481 e. The first-order valence-electron chi connectivity index (χ1n) is 9.17. The molecule has 1 saturated carbocycles. The van der Waals surface area contributed by atoms with Gasteiger partial charge in [-0.15, -0.1) is 0 Å². The summed E-state index contributed by atoms with van der Waals surface area (Å²) in [4.78, 5) is 16.2. The van der Waals surface area contributed by atoms with Crippen molar-refractivity contribution in [2.75, 3.05) is 13.6 Å². The molecule has 0 amide bonds. The highest BCUT2D eigenvalue weighted by atomic mass is 32.1. The predicted octanol–water partition coefficient (Wildman–Crippen LogP) is 3.05. The molecule has 0 radical (unpaired) electrons. The molecule has 2 fully saturated rings. The molecule has 1 saturated heterocycles. The number of piperidine rings is 1. The van der Waals surface area contributed by atoms with Crippen molar-refractivity contribution < 1.29 is 9.53 Å². The minimum atomic E-state index is -0.276. The molecular formula is C20H23NO2S. The second kappa shape index (κ2) is 4.89. The fraction of sp³-hybridized carbons (Fsp3) is 0.600. The predicted molar refractivity (Wildman–Crippen MR) is 97.0 cm³/mol. The molecular weight excluding hydrogens is 318 g/mol. The third-order valence-corrected chi connectivity index (χ3v) is 7.54. The third-order valence-electron chi connectivity index (χ3n) is 7.03. The van der Waals surface area contributed by atoms with Gasteiger partial charge in [-0.05, 0) is 56.8 Å². The number of hydrogen-bond donors (Lipinski definition) is 0. The van der Waals surface area contributed by atoms with Gasteiger partial charge < -0.3 is 9.64 Å². The van der Waals surface area contributed by atoms with Crippen LogP contribution in [0, 0.1) is 5.92 Å². The molecule has 0 aromatic heterocycles. The van der Waals surface area contributed by atoms with E-state index in [1.54, 1.807) is 0 Å². The quantitative estimate of drug-likeness (QED) is 0.611. The lowest BCUT2D eigenvalue weighted by Gasteiger charge is -2.57. The van der Waals surface area contributed by atoms with Crippen LogP contribution in [-0.2, 0) is 16.6 Å². The number of rotatable bonds is 2. The standard InChI is InChI=1S/C20H23NO2S/c1-3-16(24)12-5-4-11-10-14-13-6-7-15(22)19-20(13,8-9-21(14)2)17(11)18(12)23-19/h4-5,13-14,19H,3,6-10H2,1-2H3/t13-,14+,19-,20-/m0/s1. The summed E-state index contributed by atoms with van der Waals surface area (Å²) in [6, 6.07) is 4.93. The van der Waals surface area contributed by atoms with Crippen molar-refractivity contribution in [1.29, 1.82) is 0 Å². The highest BCUT2D eigenvalue weighted by Crippen LogP contribution is 2.62. The molecule has 0 unspecified atom stereocenters. The lowest BCUT2D eigenvalue weighted by atomic mass is 9.51. The molecule has 1 spiro atoms. The van der Waals surface area contributed by atoms with E-state index in [0.717, 1.165) is 48.4 Å². The van der Waals surface area contributed by atoms with Gasteiger partial charge in [0.05, 0.1) is 0 Å². The molecule has 1 aromatic carbocycles. The van der Waals surface area contributed by atoms with Gasteiger partial charge in [0.15, 0.2) is 11.9 Å². The Morgan fingerprint density at radius 2 is 2.29 bits per heavy atom. The second-order valence-corrected chi connectivity index (χ2v) is 8.40. The van der Waals surface area contributed by atoms with Crippen molar-refractivity contribution in [2.45, 2.75) is 56.6 Å². The Bertz CT molecular complexity index is 773. The fourth-order valence-corrected chi connectivity index (χ4v) is 6.11. The topological polar surface area (TPSA) is 29.5 Å². The summed E-state index contributed by atoms with van der Waals surface area (Å²) >= 11 is 5.60. The number of carbonyl (C=O) groups is 1. The second-order valence-electron chi connectivity index (χ2n) is 7.90. The van der Waals surface area contributed by atoms with E-state index < -0.39 is 0 Å². The number of ketones is 1. The minimum Gasteiger partial charge on any atom is -0.481 e. The van der Waals surface area contributed by atoms with Crippen molar-refractivity contribution in [3.05, 3.63) is 28.8 Å². The molecule has 24 heavy (non-hydrogen) atoms. The Morgan fingerprint density at radius 3 is 3.08 bits per heavy atom. The zero-order valence-electron chi connectivity index (χ0n) is 14.3. The molecule has 3 nitrogen and oxygen atoms in total. The lowest BCUT2D eigenvalue weighted by Crippen LogP contribution is -2.65. The molecule has 4 heteroatoms. The van der Waals surface area contributed by atoms with Crippen molar-refractivity contribution in [3.63, 3.8) is 0 Å². The smallest absolute Gasteiger partial charge is 0.174 e. The van der Waals surface area contributed by atoms with Crippen LogP contribution in [0.15, 0.2) is 12.1 Å². The number of carbonyl (C=O) groups excluding carboxylic acids is 1. The summed E-state index contributed by atoms with van der Waals surface area (Å²) in [5.41, 5.74) is 3.70. The van der Waals surface area contributed by atoms with Crippen LogP contribution in [0.25, 0.3) is 0 Å². The van der Waals surface area contributed by atoms with Crippen LogP contribution < -0.4 is 4.74 Å². The van der Waals surface area contributed by atoms with Crippen LogP contribution in [0.3, 0.4) is 0 Å². The van der Waals surface area contributed by atoms with Crippen LogP contribution in [0.4, 0.5) is 0 Å². The average molecular weight is 341 g/mol. The first kappa shape index (κ1) is 15.0. The van der Waals surface area contributed by atoms with Crippen LogP contribution >= 0.6 is 12.2 Å². The molecule has 2 bridgehead atoms. The number of Topliss-reactive ketones (excluding diaryl/α,β-unsaturated/α-hetero) is 1. The molecule has 2 heterocycles. The van der Waals surface area contributed by atoms with Crippen molar-refractivity contribution in [1.82, 2.24) is 4.90 Å². The van der Waals surface area contributed by atoms with E-state index in [2.05, 4.69) is 31.0 Å². The summed E-state index contributed by atoms with van der Waals surface area (Å²) < 4.78 is 6.42. The van der Waals surface area contributed by atoms with Crippen LogP contribution in [0.1, 0.15) is 49.3 Å². The Kier molecular flexibility index (Phi) is 3.06.